The zero-order valence-corrected chi connectivity index (χ0v) is 9.82. The van der Waals surface area contributed by atoms with Crippen LogP contribution in [0.25, 0.3) is 0 Å². The molecule has 3 heterocycles. The van der Waals surface area contributed by atoms with Crippen LogP contribution in [0.5, 0.6) is 0 Å². The molecule has 1 unspecified atom stereocenters. The van der Waals surface area contributed by atoms with Crippen molar-refractivity contribution in [3.8, 4) is 0 Å². The summed E-state index contributed by atoms with van der Waals surface area (Å²) < 4.78 is 0. The van der Waals surface area contributed by atoms with Crippen LogP contribution in [0.1, 0.15) is 25.7 Å². The van der Waals surface area contributed by atoms with E-state index in [1.165, 1.54) is 19.4 Å². The molecule has 0 aliphatic carbocycles. The van der Waals surface area contributed by atoms with E-state index in [9.17, 15) is 4.79 Å². The van der Waals surface area contributed by atoms with Crippen molar-refractivity contribution >= 4 is 5.91 Å². The Kier molecular flexibility index (Phi) is 2.86. The van der Waals surface area contributed by atoms with Crippen LogP contribution in [0, 0.1) is 0 Å². The summed E-state index contributed by atoms with van der Waals surface area (Å²) in [6.07, 6.45) is 4.78. The molecule has 0 bridgehead atoms. The second-order valence-electron chi connectivity index (χ2n) is 5.27. The van der Waals surface area contributed by atoms with Crippen molar-refractivity contribution in [1.29, 1.82) is 0 Å². The summed E-state index contributed by atoms with van der Waals surface area (Å²) in [6, 6.07) is 0.770. The average molecular weight is 223 g/mol. The number of hydrogen-bond acceptors (Lipinski definition) is 3. The van der Waals surface area contributed by atoms with Crippen molar-refractivity contribution in [2.24, 2.45) is 0 Å². The van der Waals surface area contributed by atoms with Crippen molar-refractivity contribution in [3.63, 3.8) is 0 Å². The van der Waals surface area contributed by atoms with Gasteiger partial charge in [-0.15, -0.1) is 0 Å². The molecule has 2 atom stereocenters. The third kappa shape index (κ3) is 1.84. The van der Waals surface area contributed by atoms with E-state index in [2.05, 4.69) is 15.1 Å². The van der Waals surface area contributed by atoms with Crippen molar-refractivity contribution in [3.05, 3.63) is 0 Å². The van der Waals surface area contributed by atoms with Crippen LogP contribution in [-0.2, 0) is 4.79 Å². The summed E-state index contributed by atoms with van der Waals surface area (Å²) in [5.74, 6) is 0.351. The number of nitrogens with zero attached hydrogens (tertiary/aromatic N) is 2. The summed E-state index contributed by atoms with van der Waals surface area (Å²) >= 11 is 0. The molecule has 16 heavy (non-hydrogen) atoms. The van der Waals surface area contributed by atoms with Gasteiger partial charge in [0.25, 0.3) is 0 Å². The van der Waals surface area contributed by atoms with Crippen LogP contribution >= 0.6 is 0 Å². The van der Waals surface area contributed by atoms with E-state index in [-0.39, 0.29) is 6.04 Å². The minimum absolute atomic E-state index is 0.118. The van der Waals surface area contributed by atoms with E-state index in [0.29, 0.717) is 11.9 Å². The molecule has 0 aromatic rings. The minimum Gasteiger partial charge on any atom is -0.338 e. The number of hydrogen-bond donors (Lipinski definition) is 1. The van der Waals surface area contributed by atoms with Crippen molar-refractivity contribution in [1.82, 2.24) is 15.1 Å². The van der Waals surface area contributed by atoms with Gasteiger partial charge < -0.3 is 10.2 Å². The maximum absolute atomic E-state index is 12.2. The normalized spacial score (nSPS) is 35.4. The number of carbonyl (C=O) groups excluding carboxylic acids is 1. The van der Waals surface area contributed by atoms with Gasteiger partial charge in [0.2, 0.25) is 5.91 Å². The number of piperazine rings is 1. The molecular formula is C12H21N3O. The van der Waals surface area contributed by atoms with Gasteiger partial charge in [0.05, 0.1) is 6.04 Å². The number of amides is 1. The molecule has 4 heteroatoms. The van der Waals surface area contributed by atoms with Gasteiger partial charge in [0, 0.05) is 25.7 Å². The molecule has 3 rings (SSSR count). The number of nitrogens with one attached hydrogen (secondary N) is 1. The van der Waals surface area contributed by atoms with Crippen LogP contribution < -0.4 is 5.32 Å². The molecule has 90 valence electrons. The van der Waals surface area contributed by atoms with Crippen LogP contribution in [0.4, 0.5) is 0 Å². The predicted octanol–water partition coefficient (Wildman–Crippen LogP) is 0.0450. The molecule has 1 N–H and O–H groups in total. The molecule has 1 amide bonds. The highest BCUT2D eigenvalue weighted by atomic mass is 16.2. The molecule has 0 radical (unpaired) electrons. The van der Waals surface area contributed by atoms with E-state index in [4.69, 9.17) is 0 Å². The average Bonchev–Trinajstić information content (AvgIpc) is 2.98. The Morgan fingerprint density at radius 2 is 2.06 bits per heavy atom. The fourth-order valence-electron chi connectivity index (χ4n) is 3.31. The Balaban J connectivity index is 1.60. The summed E-state index contributed by atoms with van der Waals surface area (Å²) in [6.45, 7) is 5.25. The monoisotopic (exact) mass is 223 g/mol. The minimum atomic E-state index is 0.118. The van der Waals surface area contributed by atoms with Crippen molar-refractivity contribution < 1.29 is 4.79 Å². The van der Waals surface area contributed by atoms with Crippen LogP contribution in [-0.4, -0.2) is 60.5 Å². The second-order valence-corrected chi connectivity index (χ2v) is 5.27. The molecule has 0 spiro atoms. The quantitative estimate of drug-likeness (QED) is 0.682. The van der Waals surface area contributed by atoms with Crippen molar-refractivity contribution in [2.45, 2.75) is 37.8 Å². The Morgan fingerprint density at radius 1 is 1.12 bits per heavy atom. The summed E-state index contributed by atoms with van der Waals surface area (Å²) in [4.78, 5) is 16.9. The number of rotatable bonds is 1. The van der Waals surface area contributed by atoms with Gasteiger partial charge in [0.15, 0.2) is 0 Å². The number of fused-ring (bicyclic) bond motifs is 1. The molecule has 0 aromatic heterocycles. The fraction of sp³-hybridized carbons (Fsp3) is 0.917. The standard InChI is InChI=1S/C12H21N3O/c16-12(11-4-1-5-13-11)15-8-7-14-6-2-3-10(14)9-15/h10-11,13H,1-9H2/t10?,11-/m0/s1. The largest absolute Gasteiger partial charge is 0.338 e. The number of carbonyl (C=O) groups is 1. The predicted molar refractivity (Wildman–Crippen MR) is 62.2 cm³/mol. The first-order valence-corrected chi connectivity index (χ1v) is 6.61. The molecule has 4 nitrogen and oxygen atoms in total. The summed E-state index contributed by atoms with van der Waals surface area (Å²) in [5, 5.41) is 3.31. The lowest BCUT2D eigenvalue weighted by molar-refractivity contribution is -0.135. The van der Waals surface area contributed by atoms with Gasteiger partial charge in [0.1, 0.15) is 0 Å². The highest BCUT2D eigenvalue weighted by Crippen LogP contribution is 2.22. The highest BCUT2D eigenvalue weighted by molar-refractivity contribution is 5.82. The lowest BCUT2D eigenvalue weighted by Crippen LogP contribution is -2.55. The smallest absolute Gasteiger partial charge is 0.239 e. The molecular weight excluding hydrogens is 202 g/mol. The zero-order valence-electron chi connectivity index (χ0n) is 9.82. The van der Waals surface area contributed by atoms with E-state index in [1.54, 1.807) is 0 Å². The van der Waals surface area contributed by atoms with E-state index in [0.717, 1.165) is 39.0 Å². The maximum atomic E-state index is 12.2. The third-order valence-corrected chi connectivity index (χ3v) is 4.26. The molecule has 0 saturated carbocycles. The second kappa shape index (κ2) is 4.34. The van der Waals surface area contributed by atoms with Crippen LogP contribution in [0.2, 0.25) is 0 Å². The van der Waals surface area contributed by atoms with E-state index in [1.807, 2.05) is 0 Å². The van der Waals surface area contributed by atoms with Gasteiger partial charge >= 0.3 is 0 Å². The Labute approximate surface area is 97.0 Å². The third-order valence-electron chi connectivity index (χ3n) is 4.26. The molecule has 3 saturated heterocycles. The molecule has 0 aromatic carbocycles. The first-order chi connectivity index (χ1) is 7.84. The van der Waals surface area contributed by atoms with E-state index < -0.39 is 0 Å². The summed E-state index contributed by atoms with van der Waals surface area (Å²) in [5.41, 5.74) is 0. The summed E-state index contributed by atoms with van der Waals surface area (Å²) in [7, 11) is 0. The van der Waals surface area contributed by atoms with Gasteiger partial charge in [-0.05, 0) is 38.8 Å². The van der Waals surface area contributed by atoms with E-state index >= 15 is 0 Å². The maximum Gasteiger partial charge on any atom is 0.239 e. The zero-order chi connectivity index (χ0) is 11.0. The van der Waals surface area contributed by atoms with Crippen molar-refractivity contribution in [2.75, 3.05) is 32.7 Å². The molecule has 3 aliphatic heterocycles. The lowest BCUT2D eigenvalue weighted by Gasteiger charge is -2.38. The van der Waals surface area contributed by atoms with Gasteiger partial charge in [-0.2, -0.15) is 0 Å². The first kappa shape index (κ1) is 10.5. The Morgan fingerprint density at radius 3 is 2.88 bits per heavy atom. The van der Waals surface area contributed by atoms with Gasteiger partial charge in [-0.1, -0.05) is 0 Å². The van der Waals surface area contributed by atoms with Gasteiger partial charge in [-0.3, -0.25) is 9.69 Å². The Bertz CT molecular complexity index is 275. The molecule has 3 fully saturated rings. The van der Waals surface area contributed by atoms with Gasteiger partial charge in [-0.25, -0.2) is 0 Å². The SMILES string of the molecule is O=C([C@@H]1CCCN1)N1CCN2CCCC2C1. The topological polar surface area (TPSA) is 35.6 Å². The lowest BCUT2D eigenvalue weighted by atomic mass is 10.1. The van der Waals surface area contributed by atoms with Crippen LogP contribution in [0.3, 0.4) is 0 Å². The van der Waals surface area contributed by atoms with Crippen LogP contribution in [0.15, 0.2) is 0 Å². The highest BCUT2D eigenvalue weighted by Gasteiger charge is 2.35. The first-order valence-electron chi connectivity index (χ1n) is 6.61. The fourth-order valence-corrected chi connectivity index (χ4v) is 3.31. The molecule has 3 aliphatic rings. The Hall–Kier alpha value is -0.610.